The standard InChI is InChI=1S/C17H28N4O3S/c1-14-12-21(13-15(2)24-14)25(22,23)19-11-16-6-7-18-17(10-16)20-8-4-3-5-9-20/h6-7,10,14-15,19H,3-5,8-9,11-13H2,1-2H3/t14-,15-/m1/s1. The smallest absolute Gasteiger partial charge is 0.279 e. The quantitative estimate of drug-likeness (QED) is 0.853. The van der Waals surface area contributed by atoms with Crippen molar-refractivity contribution in [3.63, 3.8) is 0 Å². The molecule has 140 valence electrons. The van der Waals surface area contributed by atoms with E-state index < -0.39 is 10.2 Å². The van der Waals surface area contributed by atoms with E-state index in [-0.39, 0.29) is 18.8 Å². The zero-order valence-electron chi connectivity index (χ0n) is 15.0. The lowest BCUT2D eigenvalue weighted by Crippen LogP contribution is -2.51. The maximum Gasteiger partial charge on any atom is 0.279 e. The average molecular weight is 369 g/mol. The number of ether oxygens (including phenoxy) is 1. The van der Waals surface area contributed by atoms with Gasteiger partial charge in [0, 0.05) is 38.9 Å². The zero-order chi connectivity index (χ0) is 17.9. The van der Waals surface area contributed by atoms with Crippen LogP contribution < -0.4 is 9.62 Å². The molecule has 0 saturated carbocycles. The van der Waals surface area contributed by atoms with Crippen molar-refractivity contribution in [2.75, 3.05) is 31.1 Å². The Labute approximate surface area is 150 Å². The number of hydrogen-bond donors (Lipinski definition) is 1. The van der Waals surface area contributed by atoms with E-state index in [0.717, 1.165) is 24.5 Å². The molecular weight excluding hydrogens is 340 g/mol. The van der Waals surface area contributed by atoms with Crippen LogP contribution in [0.25, 0.3) is 0 Å². The lowest BCUT2D eigenvalue weighted by molar-refractivity contribution is -0.0444. The Morgan fingerprint density at radius 2 is 1.88 bits per heavy atom. The summed E-state index contributed by atoms with van der Waals surface area (Å²) in [4.78, 5) is 6.71. The first kappa shape index (κ1) is 18.6. The fraction of sp³-hybridized carbons (Fsp3) is 0.706. The van der Waals surface area contributed by atoms with Gasteiger partial charge in [0.15, 0.2) is 0 Å². The first-order valence-electron chi connectivity index (χ1n) is 9.04. The second-order valence-corrected chi connectivity index (χ2v) is 8.73. The van der Waals surface area contributed by atoms with Crippen molar-refractivity contribution in [2.45, 2.75) is 51.9 Å². The van der Waals surface area contributed by atoms with Gasteiger partial charge in [-0.05, 0) is 50.8 Å². The summed E-state index contributed by atoms with van der Waals surface area (Å²) >= 11 is 0. The first-order valence-corrected chi connectivity index (χ1v) is 10.5. The minimum Gasteiger partial charge on any atom is -0.373 e. The summed E-state index contributed by atoms with van der Waals surface area (Å²) < 4.78 is 34.9. The highest BCUT2D eigenvalue weighted by Gasteiger charge is 2.30. The highest BCUT2D eigenvalue weighted by atomic mass is 32.2. The van der Waals surface area contributed by atoms with E-state index in [9.17, 15) is 8.42 Å². The molecule has 7 nitrogen and oxygen atoms in total. The number of rotatable bonds is 5. The van der Waals surface area contributed by atoms with Crippen LogP contribution in [-0.2, 0) is 21.5 Å². The van der Waals surface area contributed by atoms with Gasteiger partial charge in [-0.25, -0.2) is 4.98 Å². The molecule has 0 aromatic carbocycles. The predicted octanol–water partition coefficient (Wildman–Crippen LogP) is 1.52. The molecule has 2 atom stereocenters. The minimum absolute atomic E-state index is 0.0908. The number of piperidine rings is 1. The summed E-state index contributed by atoms with van der Waals surface area (Å²) in [6.45, 7) is 6.87. The summed E-state index contributed by atoms with van der Waals surface area (Å²) in [7, 11) is -3.52. The lowest BCUT2D eigenvalue weighted by Gasteiger charge is -2.34. The van der Waals surface area contributed by atoms with Crippen molar-refractivity contribution < 1.29 is 13.2 Å². The monoisotopic (exact) mass is 368 g/mol. The van der Waals surface area contributed by atoms with Crippen LogP contribution in [0.4, 0.5) is 5.82 Å². The van der Waals surface area contributed by atoms with E-state index >= 15 is 0 Å². The second kappa shape index (κ2) is 7.99. The van der Waals surface area contributed by atoms with E-state index in [0.29, 0.717) is 13.1 Å². The van der Waals surface area contributed by atoms with Gasteiger partial charge in [0.25, 0.3) is 10.2 Å². The Bertz CT molecular complexity index is 666. The average Bonchev–Trinajstić information content (AvgIpc) is 2.60. The van der Waals surface area contributed by atoms with Crippen LogP contribution in [0.3, 0.4) is 0 Å². The van der Waals surface area contributed by atoms with Crippen LogP contribution >= 0.6 is 0 Å². The second-order valence-electron chi connectivity index (χ2n) is 6.97. The van der Waals surface area contributed by atoms with E-state index in [1.165, 1.54) is 23.6 Å². The molecule has 1 aromatic heterocycles. The number of aromatic nitrogens is 1. The Balaban J connectivity index is 1.62. The third kappa shape index (κ3) is 4.91. The Morgan fingerprint density at radius 1 is 1.20 bits per heavy atom. The zero-order valence-corrected chi connectivity index (χ0v) is 15.8. The number of morpholine rings is 1. The van der Waals surface area contributed by atoms with Gasteiger partial charge in [0.2, 0.25) is 0 Å². The summed E-state index contributed by atoms with van der Waals surface area (Å²) in [5.74, 6) is 0.935. The molecular formula is C17H28N4O3S. The largest absolute Gasteiger partial charge is 0.373 e. The van der Waals surface area contributed by atoms with Crippen molar-refractivity contribution in [3.05, 3.63) is 23.9 Å². The van der Waals surface area contributed by atoms with Crippen molar-refractivity contribution in [3.8, 4) is 0 Å². The summed E-state index contributed by atoms with van der Waals surface area (Å²) in [6.07, 6.45) is 5.22. The molecule has 3 heterocycles. The van der Waals surface area contributed by atoms with Crippen LogP contribution in [0.1, 0.15) is 38.7 Å². The van der Waals surface area contributed by atoms with Gasteiger partial charge in [0.1, 0.15) is 5.82 Å². The Morgan fingerprint density at radius 3 is 2.56 bits per heavy atom. The fourth-order valence-electron chi connectivity index (χ4n) is 3.46. The first-order chi connectivity index (χ1) is 11.9. The number of hydrogen-bond acceptors (Lipinski definition) is 5. The Hall–Kier alpha value is -1.22. The van der Waals surface area contributed by atoms with Gasteiger partial charge < -0.3 is 9.64 Å². The Kier molecular flexibility index (Phi) is 5.93. The third-order valence-electron chi connectivity index (χ3n) is 4.67. The lowest BCUT2D eigenvalue weighted by atomic mass is 10.1. The molecule has 25 heavy (non-hydrogen) atoms. The van der Waals surface area contributed by atoms with Crippen molar-refractivity contribution >= 4 is 16.0 Å². The molecule has 2 saturated heterocycles. The molecule has 8 heteroatoms. The highest BCUT2D eigenvalue weighted by molar-refractivity contribution is 7.87. The summed E-state index contributed by atoms with van der Waals surface area (Å²) in [6, 6.07) is 3.85. The molecule has 2 fully saturated rings. The van der Waals surface area contributed by atoms with E-state index in [4.69, 9.17) is 4.74 Å². The molecule has 0 unspecified atom stereocenters. The van der Waals surface area contributed by atoms with E-state index in [2.05, 4.69) is 14.6 Å². The van der Waals surface area contributed by atoms with Crippen molar-refractivity contribution in [1.82, 2.24) is 14.0 Å². The van der Waals surface area contributed by atoms with Crippen molar-refractivity contribution in [1.29, 1.82) is 0 Å². The van der Waals surface area contributed by atoms with Crippen LogP contribution in [0.5, 0.6) is 0 Å². The maximum absolute atomic E-state index is 12.6. The van der Waals surface area contributed by atoms with Crippen molar-refractivity contribution in [2.24, 2.45) is 0 Å². The van der Waals surface area contributed by atoms with Gasteiger partial charge in [-0.3, -0.25) is 0 Å². The molecule has 0 bridgehead atoms. The molecule has 0 spiro atoms. The normalized spacial score (nSPS) is 25.9. The molecule has 2 aliphatic heterocycles. The number of anilines is 1. The number of pyridine rings is 1. The van der Waals surface area contributed by atoms with Crippen LogP contribution in [-0.4, -0.2) is 56.1 Å². The minimum atomic E-state index is -3.52. The number of nitrogens with one attached hydrogen (secondary N) is 1. The van der Waals surface area contributed by atoms with Gasteiger partial charge in [-0.1, -0.05) is 0 Å². The topological polar surface area (TPSA) is 74.8 Å². The summed E-state index contributed by atoms with van der Waals surface area (Å²) in [5.41, 5.74) is 0.925. The fourth-order valence-corrected chi connectivity index (χ4v) is 4.80. The third-order valence-corrected chi connectivity index (χ3v) is 6.16. The number of nitrogens with zero attached hydrogens (tertiary/aromatic N) is 3. The van der Waals surface area contributed by atoms with E-state index in [1.54, 1.807) is 6.20 Å². The van der Waals surface area contributed by atoms with Gasteiger partial charge in [0.05, 0.1) is 12.2 Å². The van der Waals surface area contributed by atoms with Gasteiger partial charge in [-0.15, -0.1) is 0 Å². The van der Waals surface area contributed by atoms with E-state index in [1.807, 2.05) is 26.0 Å². The van der Waals surface area contributed by atoms with Gasteiger partial charge >= 0.3 is 0 Å². The highest BCUT2D eigenvalue weighted by Crippen LogP contribution is 2.19. The molecule has 1 N–H and O–H groups in total. The molecule has 0 radical (unpaired) electrons. The molecule has 1 aromatic rings. The molecule has 0 amide bonds. The molecule has 2 aliphatic rings. The maximum atomic E-state index is 12.6. The molecule has 3 rings (SSSR count). The van der Waals surface area contributed by atoms with Crippen LogP contribution in [0.15, 0.2) is 18.3 Å². The van der Waals surface area contributed by atoms with Gasteiger partial charge in [-0.2, -0.15) is 17.4 Å². The predicted molar refractivity (Wildman–Crippen MR) is 97.6 cm³/mol. The van der Waals surface area contributed by atoms with Crippen LogP contribution in [0.2, 0.25) is 0 Å². The summed E-state index contributed by atoms with van der Waals surface area (Å²) in [5, 5.41) is 0. The molecule has 0 aliphatic carbocycles. The SMILES string of the molecule is C[C@@H]1CN(S(=O)(=O)NCc2ccnc(N3CCCCC3)c2)C[C@@H](C)O1. The van der Waals surface area contributed by atoms with Crippen LogP contribution in [0, 0.1) is 0 Å².